The SMILES string of the molecule is N#CN=C(N)N(CCCCCCOc1ccc(Cl)cc1)c1cc[n+](COC(=O)CCCCN)cc1.[Cl-]. The standard InChI is InChI=1S/C25H34ClN6O3.ClH/c26-21-8-10-23(11-9-21)34-18-6-2-1-5-15-32(25(29)30-19-28)22-12-16-31(17-13-22)20-35-24(33)7-3-4-14-27;/h8-13,16-17H,1-7,14-15,18,20,27H2,(H2,29,30);1H/q+1;/p-1. The number of halogens is 2. The van der Waals surface area contributed by atoms with Gasteiger partial charge >= 0.3 is 5.97 Å². The molecule has 0 unspecified atom stereocenters. The largest absolute Gasteiger partial charge is 1.00 e. The predicted molar refractivity (Wildman–Crippen MR) is 136 cm³/mol. The van der Waals surface area contributed by atoms with Crippen molar-refractivity contribution >= 4 is 29.2 Å². The van der Waals surface area contributed by atoms with E-state index in [1.807, 2.05) is 24.3 Å². The van der Waals surface area contributed by atoms with E-state index in [4.69, 9.17) is 37.8 Å². The third kappa shape index (κ3) is 12.1. The maximum atomic E-state index is 11.8. The first-order chi connectivity index (χ1) is 17.0. The second-order valence-corrected chi connectivity index (χ2v) is 8.34. The monoisotopic (exact) mass is 536 g/mol. The van der Waals surface area contributed by atoms with Gasteiger partial charge in [0.15, 0.2) is 12.4 Å². The van der Waals surface area contributed by atoms with E-state index in [1.165, 1.54) is 0 Å². The van der Waals surface area contributed by atoms with Crippen molar-refractivity contribution in [3.63, 3.8) is 0 Å². The van der Waals surface area contributed by atoms with Crippen LogP contribution in [0.1, 0.15) is 44.9 Å². The number of aromatic nitrogens is 1. The molecule has 1 aromatic carbocycles. The van der Waals surface area contributed by atoms with Crippen molar-refractivity contribution < 1.29 is 31.2 Å². The molecule has 0 fully saturated rings. The molecule has 0 saturated heterocycles. The van der Waals surface area contributed by atoms with Crippen molar-refractivity contribution in [1.82, 2.24) is 0 Å². The van der Waals surface area contributed by atoms with Gasteiger partial charge in [0.25, 0.3) is 6.73 Å². The lowest BCUT2D eigenvalue weighted by molar-refractivity contribution is -0.727. The summed E-state index contributed by atoms with van der Waals surface area (Å²) in [5.74, 6) is 0.701. The second kappa shape index (κ2) is 18.2. The molecule has 2 aromatic rings. The molecule has 2 rings (SSSR count). The number of pyridine rings is 1. The number of benzene rings is 1. The van der Waals surface area contributed by atoms with E-state index in [0.29, 0.717) is 31.1 Å². The molecule has 0 aliphatic carbocycles. The molecule has 0 saturated carbocycles. The molecule has 36 heavy (non-hydrogen) atoms. The highest BCUT2D eigenvalue weighted by atomic mass is 35.5. The number of hydrogen-bond donors (Lipinski definition) is 2. The van der Waals surface area contributed by atoms with Crippen LogP contribution >= 0.6 is 11.6 Å². The van der Waals surface area contributed by atoms with E-state index in [2.05, 4.69) is 4.99 Å². The van der Waals surface area contributed by atoms with Crippen molar-refractivity contribution in [3.8, 4) is 11.9 Å². The Morgan fingerprint density at radius 3 is 2.42 bits per heavy atom. The van der Waals surface area contributed by atoms with Crippen LogP contribution in [0.5, 0.6) is 5.75 Å². The first-order valence-corrected chi connectivity index (χ1v) is 12.1. The number of carbonyl (C=O) groups is 1. The summed E-state index contributed by atoms with van der Waals surface area (Å²) in [7, 11) is 0. The van der Waals surface area contributed by atoms with Crippen LogP contribution in [0, 0.1) is 11.5 Å². The highest BCUT2D eigenvalue weighted by Crippen LogP contribution is 2.16. The zero-order valence-electron chi connectivity index (χ0n) is 20.3. The van der Waals surface area contributed by atoms with Crippen LogP contribution in [-0.2, 0) is 16.3 Å². The molecular formula is C25H34Cl2N6O3. The van der Waals surface area contributed by atoms with Gasteiger partial charge in [-0.3, -0.25) is 4.79 Å². The molecule has 0 atom stereocenters. The Bertz CT molecular complexity index is 965. The molecule has 11 heteroatoms. The first kappa shape index (κ1) is 31.0. The Labute approximate surface area is 224 Å². The van der Waals surface area contributed by atoms with Crippen LogP contribution < -0.4 is 38.1 Å². The summed E-state index contributed by atoms with van der Waals surface area (Å²) >= 11 is 5.88. The molecule has 9 nitrogen and oxygen atoms in total. The predicted octanol–water partition coefficient (Wildman–Crippen LogP) is 0.503. The van der Waals surface area contributed by atoms with Crippen LogP contribution in [0.3, 0.4) is 0 Å². The summed E-state index contributed by atoms with van der Waals surface area (Å²) in [6, 6.07) is 11.0. The molecule has 1 aromatic heterocycles. The number of nitrogens with two attached hydrogens (primary N) is 2. The van der Waals surface area contributed by atoms with Crippen molar-refractivity contribution in [2.75, 3.05) is 24.6 Å². The average Bonchev–Trinajstić information content (AvgIpc) is 2.86. The van der Waals surface area contributed by atoms with Gasteiger partial charge in [0.05, 0.1) is 12.3 Å². The summed E-state index contributed by atoms with van der Waals surface area (Å²) in [5.41, 5.74) is 12.3. The Hall–Kier alpha value is -3.06. The van der Waals surface area contributed by atoms with Crippen LogP contribution in [-0.4, -0.2) is 31.6 Å². The second-order valence-electron chi connectivity index (χ2n) is 7.90. The number of ether oxygens (including phenoxy) is 2. The van der Waals surface area contributed by atoms with Crippen molar-refractivity contribution in [2.24, 2.45) is 16.5 Å². The molecule has 0 radical (unpaired) electrons. The number of carbonyl (C=O) groups excluding carboxylic acids is 1. The van der Waals surface area contributed by atoms with Gasteiger partial charge in [0.1, 0.15) is 5.75 Å². The molecule has 1 heterocycles. The summed E-state index contributed by atoms with van der Waals surface area (Å²) in [4.78, 5) is 17.3. The van der Waals surface area contributed by atoms with E-state index in [-0.39, 0.29) is 31.1 Å². The Morgan fingerprint density at radius 1 is 1.06 bits per heavy atom. The summed E-state index contributed by atoms with van der Waals surface area (Å²) in [6.07, 6.45) is 11.0. The third-order valence-corrected chi connectivity index (χ3v) is 5.45. The number of nitriles is 1. The maximum Gasteiger partial charge on any atom is 0.310 e. The van der Waals surface area contributed by atoms with Gasteiger partial charge in [-0.15, -0.1) is 4.99 Å². The minimum atomic E-state index is -0.249. The van der Waals surface area contributed by atoms with E-state index in [0.717, 1.165) is 50.0 Å². The Balaban J connectivity index is 0.00000648. The molecule has 0 aliphatic rings. The van der Waals surface area contributed by atoms with Gasteiger partial charge in [0, 0.05) is 30.1 Å². The highest BCUT2D eigenvalue weighted by Gasteiger charge is 2.13. The van der Waals surface area contributed by atoms with Crippen LogP contribution in [0.25, 0.3) is 0 Å². The molecule has 196 valence electrons. The molecule has 4 N–H and O–H groups in total. The number of guanidine groups is 1. The van der Waals surface area contributed by atoms with Crippen molar-refractivity contribution in [2.45, 2.75) is 51.7 Å². The van der Waals surface area contributed by atoms with Gasteiger partial charge in [-0.2, -0.15) is 9.83 Å². The number of aliphatic imine (C=N–C) groups is 1. The van der Waals surface area contributed by atoms with Crippen molar-refractivity contribution in [3.05, 3.63) is 53.8 Å². The van der Waals surface area contributed by atoms with Crippen LogP contribution in [0.15, 0.2) is 53.8 Å². The maximum absolute atomic E-state index is 11.8. The van der Waals surface area contributed by atoms with Gasteiger partial charge in [0.2, 0.25) is 12.2 Å². The molecule has 0 spiro atoms. The lowest BCUT2D eigenvalue weighted by Gasteiger charge is -2.22. The number of nitrogens with zero attached hydrogens (tertiary/aromatic N) is 4. The lowest BCUT2D eigenvalue weighted by atomic mass is 10.2. The lowest BCUT2D eigenvalue weighted by Crippen LogP contribution is -3.00. The summed E-state index contributed by atoms with van der Waals surface area (Å²) in [5, 5.41) is 9.62. The molecule has 0 amide bonds. The fourth-order valence-electron chi connectivity index (χ4n) is 3.28. The molecular weight excluding hydrogens is 503 g/mol. The average molecular weight is 537 g/mol. The van der Waals surface area contributed by atoms with E-state index in [9.17, 15) is 4.79 Å². The topological polar surface area (TPSA) is 131 Å². The van der Waals surface area contributed by atoms with Crippen molar-refractivity contribution in [1.29, 1.82) is 5.26 Å². The van der Waals surface area contributed by atoms with E-state index < -0.39 is 0 Å². The third-order valence-electron chi connectivity index (χ3n) is 5.19. The number of esters is 1. The number of hydrogen-bond acceptors (Lipinski definition) is 6. The van der Waals surface area contributed by atoms with Gasteiger partial charge < -0.3 is 38.2 Å². The van der Waals surface area contributed by atoms with Gasteiger partial charge in [-0.1, -0.05) is 24.4 Å². The first-order valence-electron chi connectivity index (χ1n) is 11.8. The van der Waals surface area contributed by atoms with E-state index in [1.54, 1.807) is 40.2 Å². The number of unbranched alkanes of at least 4 members (excludes halogenated alkanes) is 4. The fourth-order valence-corrected chi connectivity index (χ4v) is 3.41. The molecule has 0 bridgehead atoms. The Kier molecular flexibility index (Phi) is 15.7. The smallest absolute Gasteiger partial charge is 0.310 e. The van der Waals surface area contributed by atoms with Gasteiger partial charge in [-0.25, -0.2) is 0 Å². The number of anilines is 1. The fraction of sp³-hybridized carbons (Fsp3) is 0.440. The highest BCUT2D eigenvalue weighted by molar-refractivity contribution is 6.30. The zero-order chi connectivity index (χ0) is 25.3. The normalized spacial score (nSPS) is 10.8. The summed E-state index contributed by atoms with van der Waals surface area (Å²) < 4.78 is 12.7. The minimum absolute atomic E-state index is 0. The molecule has 0 aliphatic heterocycles. The zero-order valence-corrected chi connectivity index (χ0v) is 21.8. The quantitative estimate of drug-likeness (QED) is 0.0845. The summed E-state index contributed by atoms with van der Waals surface area (Å²) in [6.45, 7) is 1.95. The minimum Gasteiger partial charge on any atom is -1.00 e. The number of rotatable bonds is 15. The van der Waals surface area contributed by atoms with Crippen LogP contribution in [0.4, 0.5) is 5.69 Å². The van der Waals surface area contributed by atoms with Gasteiger partial charge in [-0.05, 0) is 56.5 Å². The van der Waals surface area contributed by atoms with E-state index >= 15 is 0 Å². The Morgan fingerprint density at radius 2 is 1.75 bits per heavy atom. The van der Waals surface area contributed by atoms with Crippen LogP contribution in [0.2, 0.25) is 5.02 Å².